The van der Waals surface area contributed by atoms with Gasteiger partial charge in [0.1, 0.15) is 0 Å². The normalized spacial score (nSPS) is 19.3. The quantitative estimate of drug-likeness (QED) is 0.889. The number of aromatic nitrogens is 1. The Morgan fingerprint density at radius 2 is 2.23 bits per heavy atom. The predicted octanol–water partition coefficient (Wildman–Crippen LogP) is 2.50. The average molecular weight is 322 g/mol. The first-order valence-electron chi connectivity index (χ1n) is 7.74. The Morgan fingerprint density at radius 1 is 1.36 bits per heavy atom. The number of sulfonamides is 1. The molecule has 1 aromatic heterocycles. The van der Waals surface area contributed by atoms with Crippen molar-refractivity contribution in [1.29, 1.82) is 0 Å². The molecule has 0 bridgehead atoms. The van der Waals surface area contributed by atoms with Crippen molar-refractivity contribution in [3.8, 4) is 0 Å². The highest BCUT2D eigenvalue weighted by Gasteiger charge is 2.27. The summed E-state index contributed by atoms with van der Waals surface area (Å²) in [6.07, 6.45) is 3.54. The smallest absolute Gasteiger partial charge is 0.216 e. The van der Waals surface area contributed by atoms with E-state index in [1.807, 2.05) is 37.4 Å². The molecule has 1 aliphatic rings. The van der Waals surface area contributed by atoms with Gasteiger partial charge < -0.3 is 9.72 Å². The Kier molecular flexibility index (Phi) is 4.52. The largest absolute Gasteiger partial charge is 0.377 e. The molecule has 0 amide bonds. The number of aromatic amines is 1. The molecule has 0 saturated carbocycles. The molecule has 1 N–H and O–H groups in total. The van der Waals surface area contributed by atoms with Crippen LogP contribution >= 0.6 is 0 Å². The third-order valence-electron chi connectivity index (χ3n) is 4.14. The second-order valence-electron chi connectivity index (χ2n) is 5.74. The molecular weight excluding hydrogens is 300 g/mol. The van der Waals surface area contributed by atoms with Crippen LogP contribution in [0.4, 0.5) is 0 Å². The van der Waals surface area contributed by atoms with Crippen LogP contribution in [0.1, 0.15) is 25.3 Å². The molecule has 2 heterocycles. The average Bonchev–Trinajstić information content (AvgIpc) is 3.14. The monoisotopic (exact) mass is 322 g/mol. The molecule has 22 heavy (non-hydrogen) atoms. The Bertz CT molecular complexity index is 733. The maximum absolute atomic E-state index is 12.6. The zero-order chi connectivity index (χ0) is 15.6. The van der Waals surface area contributed by atoms with Crippen LogP contribution < -0.4 is 0 Å². The lowest BCUT2D eigenvalue weighted by molar-refractivity contribution is 0.126. The van der Waals surface area contributed by atoms with E-state index in [-0.39, 0.29) is 11.9 Å². The van der Waals surface area contributed by atoms with Crippen molar-refractivity contribution in [1.82, 2.24) is 9.29 Å². The summed E-state index contributed by atoms with van der Waals surface area (Å²) in [6, 6.07) is 8.00. The van der Waals surface area contributed by atoms with Crippen molar-refractivity contribution in [2.45, 2.75) is 32.4 Å². The van der Waals surface area contributed by atoms with Crippen LogP contribution in [0.3, 0.4) is 0 Å². The van der Waals surface area contributed by atoms with Gasteiger partial charge in [-0.1, -0.05) is 13.0 Å². The van der Waals surface area contributed by atoms with E-state index in [9.17, 15) is 8.42 Å². The SMILES string of the molecule is CCN(Cc1ccc2[nH]ccc2c1)S(=O)(=O)CC1CCCO1. The second kappa shape index (κ2) is 6.40. The highest BCUT2D eigenvalue weighted by atomic mass is 32.2. The van der Waals surface area contributed by atoms with E-state index >= 15 is 0 Å². The van der Waals surface area contributed by atoms with Crippen molar-refractivity contribution < 1.29 is 13.2 Å². The molecule has 1 aliphatic heterocycles. The molecule has 0 radical (unpaired) electrons. The molecular formula is C16H22N2O3S. The first-order chi connectivity index (χ1) is 10.6. The van der Waals surface area contributed by atoms with Crippen LogP contribution in [0.15, 0.2) is 30.5 Å². The minimum absolute atomic E-state index is 0.0905. The standard InChI is InChI=1S/C16H22N2O3S/c1-2-18(22(19,20)12-15-4-3-9-21-15)11-13-5-6-16-14(10-13)7-8-17-16/h5-8,10,15,17H,2-4,9,11-12H2,1H3. The lowest BCUT2D eigenvalue weighted by Crippen LogP contribution is -2.36. The minimum Gasteiger partial charge on any atom is -0.377 e. The number of rotatable bonds is 6. The summed E-state index contributed by atoms with van der Waals surface area (Å²) in [5.41, 5.74) is 2.07. The molecule has 1 saturated heterocycles. The minimum atomic E-state index is -3.29. The second-order valence-corrected chi connectivity index (χ2v) is 7.75. The summed E-state index contributed by atoms with van der Waals surface area (Å²) < 4.78 is 32.2. The summed E-state index contributed by atoms with van der Waals surface area (Å²) >= 11 is 0. The van der Waals surface area contributed by atoms with E-state index in [1.165, 1.54) is 0 Å². The lowest BCUT2D eigenvalue weighted by atomic mass is 10.1. The van der Waals surface area contributed by atoms with Crippen LogP contribution in [0.25, 0.3) is 10.9 Å². The Balaban J connectivity index is 1.74. The molecule has 0 spiro atoms. The number of benzene rings is 1. The molecule has 1 fully saturated rings. The molecule has 1 unspecified atom stereocenters. The number of nitrogens with one attached hydrogen (secondary N) is 1. The van der Waals surface area contributed by atoms with Gasteiger partial charge in [-0.3, -0.25) is 0 Å². The van der Waals surface area contributed by atoms with Crippen LogP contribution in [-0.4, -0.2) is 42.7 Å². The fourth-order valence-electron chi connectivity index (χ4n) is 2.93. The third-order valence-corrected chi connectivity index (χ3v) is 6.11. The van der Waals surface area contributed by atoms with Gasteiger partial charge in [0.2, 0.25) is 10.0 Å². The first kappa shape index (κ1) is 15.5. The van der Waals surface area contributed by atoms with Gasteiger partial charge in [0.15, 0.2) is 0 Å². The molecule has 1 atom stereocenters. The zero-order valence-corrected chi connectivity index (χ0v) is 13.6. The van der Waals surface area contributed by atoms with Crippen molar-refractivity contribution in [3.05, 3.63) is 36.0 Å². The number of nitrogens with zero attached hydrogens (tertiary/aromatic N) is 1. The van der Waals surface area contributed by atoms with E-state index in [1.54, 1.807) is 4.31 Å². The van der Waals surface area contributed by atoms with Gasteiger partial charge in [-0.15, -0.1) is 0 Å². The zero-order valence-electron chi connectivity index (χ0n) is 12.8. The van der Waals surface area contributed by atoms with Gasteiger partial charge in [0.25, 0.3) is 0 Å². The van der Waals surface area contributed by atoms with E-state index in [0.29, 0.717) is 19.7 Å². The molecule has 3 rings (SSSR count). The Morgan fingerprint density at radius 3 is 2.95 bits per heavy atom. The third kappa shape index (κ3) is 3.34. The van der Waals surface area contributed by atoms with Crippen LogP contribution in [-0.2, 0) is 21.3 Å². The van der Waals surface area contributed by atoms with Gasteiger partial charge in [-0.05, 0) is 42.0 Å². The van der Waals surface area contributed by atoms with Crippen molar-refractivity contribution in [3.63, 3.8) is 0 Å². The fourth-order valence-corrected chi connectivity index (χ4v) is 4.61. The number of fused-ring (bicyclic) bond motifs is 1. The molecule has 6 heteroatoms. The fraction of sp³-hybridized carbons (Fsp3) is 0.500. The summed E-state index contributed by atoms with van der Waals surface area (Å²) in [5, 5.41) is 1.10. The predicted molar refractivity (Wildman–Crippen MR) is 87.1 cm³/mol. The van der Waals surface area contributed by atoms with Crippen molar-refractivity contribution >= 4 is 20.9 Å². The van der Waals surface area contributed by atoms with E-state index < -0.39 is 10.0 Å². The first-order valence-corrected chi connectivity index (χ1v) is 9.35. The summed E-state index contributed by atoms with van der Waals surface area (Å²) in [4.78, 5) is 3.14. The molecule has 0 aliphatic carbocycles. The maximum atomic E-state index is 12.6. The molecule has 2 aromatic rings. The van der Waals surface area contributed by atoms with Crippen LogP contribution in [0.2, 0.25) is 0 Å². The Labute approximate surface area is 131 Å². The van der Waals surface area contributed by atoms with E-state index in [0.717, 1.165) is 29.3 Å². The van der Waals surface area contributed by atoms with Gasteiger partial charge in [0, 0.05) is 31.4 Å². The van der Waals surface area contributed by atoms with Crippen molar-refractivity contribution in [2.75, 3.05) is 18.9 Å². The van der Waals surface area contributed by atoms with Gasteiger partial charge in [-0.25, -0.2) is 8.42 Å². The molecule has 5 nitrogen and oxygen atoms in total. The number of hydrogen-bond donors (Lipinski definition) is 1. The number of H-pyrrole nitrogens is 1. The Hall–Kier alpha value is -1.37. The number of hydrogen-bond acceptors (Lipinski definition) is 3. The highest BCUT2D eigenvalue weighted by molar-refractivity contribution is 7.89. The van der Waals surface area contributed by atoms with E-state index in [2.05, 4.69) is 4.98 Å². The molecule has 1 aromatic carbocycles. The molecule has 120 valence electrons. The van der Waals surface area contributed by atoms with Gasteiger partial charge in [-0.2, -0.15) is 4.31 Å². The van der Waals surface area contributed by atoms with Crippen LogP contribution in [0.5, 0.6) is 0 Å². The maximum Gasteiger partial charge on any atom is 0.216 e. The van der Waals surface area contributed by atoms with Gasteiger partial charge in [0.05, 0.1) is 11.9 Å². The topological polar surface area (TPSA) is 62.4 Å². The van der Waals surface area contributed by atoms with Crippen molar-refractivity contribution in [2.24, 2.45) is 0 Å². The van der Waals surface area contributed by atoms with E-state index in [4.69, 9.17) is 4.74 Å². The van der Waals surface area contributed by atoms with Crippen LogP contribution in [0, 0.1) is 0 Å². The summed E-state index contributed by atoms with van der Waals surface area (Å²) in [7, 11) is -3.29. The highest BCUT2D eigenvalue weighted by Crippen LogP contribution is 2.19. The summed E-state index contributed by atoms with van der Waals surface area (Å²) in [6.45, 7) is 3.44. The lowest BCUT2D eigenvalue weighted by Gasteiger charge is -2.22. The van der Waals surface area contributed by atoms with Gasteiger partial charge >= 0.3 is 0 Å². The number of ether oxygens (including phenoxy) is 1. The summed E-state index contributed by atoms with van der Waals surface area (Å²) in [5.74, 6) is 0.0905.